The fourth-order valence-corrected chi connectivity index (χ4v) is 1.03. The minimum atomic E-state index is -4.37. The van der Waals surface area contributed by atoms with Gasteiger partial charge in [-0.25, -0.2) is 0 Å². The van der Waals surface area contributed by atoms with Crippen LogP contribution in [0.4, 0.5) is 13.2 Å². The van der Waals surface area contributed by atoms with Crippen molar-refractivity contribution in [2.75, 3.05) is 0 Å². The summed E-state index contributed by atoms with van der Waals surface area (Å²) in [6.45, 7) is -1.82. The van der Waals surface area contributed by atoms with Gasteiger partial charge < -0.3 is 5.11 Å². The number of hydrogen-bond donors (Lipinski definition) is 2. The monoisotopic (exact) mass is 213 g/mol. The molecule has 74 valence electrons. The zero-order chi connectivity index (χ0) is 10.1. The molecule has 0 saturated heterocycles. The molecule has 2 N–H and O–H groups in total. The summed E-state index contributed by atoms with van der Waals surface area (Å²) in [5.41, 5.74) is 0. The van der Waals surface area contributed by atoms with Crippen molar-refractivity contribution in [3.63, 3.8) is 0 Å². The number of alkyl halides is 3. The van der Waals surface area contributed by atoms with Crippen molar-refractivity contribution in [1.29, 1.82) is 0 Å². The molecule has 0 aromatic carbocycles. The van der Waals surface area contributed by atoms with Gasteiger partial charge in [0.15, 0.2) is 10.6 Å². The fraction of sp³-hybridized carbons (Fsp3) is 0.600. The van der Waals surface area contributed by atoms with Gasteiger partial charge in [-0.15, -0.1) is 0 Å². The summed E-state index contributed by atoms with van der Waals surface area (Å²) in [5, 5.41) is 14.2. The van der Waals surface area contributed by atoms with Crippen molar-refractivity contribution in [3.8, 4) is 0 Å². The molecular weight excluding hydrogens is 207 g/mol. The normalized spacial score (nSPS) is 12.0. The van der Waals surface area contributed by atoms with E-state index >= 15 is 0 Å². The number of H-pyrrole nitrogens is 1. The van der Waals surface area contributed by atoms with E-state index in [1.54, 1.807) is 0 Å². The van der Waals surface area contributed by atoms with Gasteiger partial charge in [0.25, 0.3) is 0 Å². The van der Waals surface area contributed by atoms with Crippen molar-refractivity contribution in [2.45, 2.75) is 19.3 Å². The molecule has 0 aliphatic carbocycles. The van der Waals surface area contributed by atoms with E-state index in [9.17, 15) is 13.2 Å². The van der Waals surface area contributed by atoms with Gasteiger partial charge in [0.1, 0.15) is 13.2 Å². The van der Waals surface area contributed by atoms with Crippen LogP contribution < -0.4 is 0 Å². The Morgan fingerprint density at radius 3 is 2.62 bits per heavy atom. The average molecular weight is 213 g/mol. The second-order valence-corrected chi connectivity index (χ2v) is 2.69. The average Bonchev–Trinajstić information content (AvgIpc) is 2.30. The maximum absolute atomic E-state index is 11.9. The molecule has 1 aromatic heterocycles. The van der Waals surface area contributed by atoms with Crippen LogP contribution in [-0.4, -0.2) is 26.0 Å². The van der Waals surface area contributed by atoms with E-state index in [0.29, 0.717) is 4.57 Å². The molecule has 8 heteroatoms. The molecule has 0 unspecified atom stereocenters. The molecule has 0 amide bonds. The maximum Gasteiger partial charge on any atom is 0.406 e. The minimum Gasteiger partial charge on any atom is -0.388 e. The summed E-state index contributed by atoms with van der Waals surface area (Å²) < 4.78 is 36.3. The number of halogens is 3. The molecule has 0 spiro atoms. The molecule has 0 radical (unpaired) electrons. The third kappa shape index (κ3) is 2.52. The molecule has 1 rings (SSSR count). The number of aliphatic hydroxyl groups excluding tert-OH is 1. The van der Waals surface area contributed by atoms with E-state index in [1.807, 2.05) is 0 Å². The Hall–Kier alpha value is -0.890. The van der Waals surface area contributed by atoms with Gasteiger partial charge in [-0.1, -0.05) is 0 Å². The van der Waals surface area contributed by atoms with Crippen molar-refractivity contribution in [3.05, 3.63) is 10.6 Å². The Kier molecular flexibility index (Phi) is 2.71. The van der Waals surface area contributed by atoms with Gasteiger partial charge in [0.2, 0.25) is 0 Å². The zero-order valence-corrected chi connectivity index (χ0v) is 7.11. The first-order valence-corrected chi connectivity index (χ1v) is 3.66. The van der Waals surface area contributed by atoms with Crippen LogP contribution in [0.15, 0.2) is 0 Å². The third-order valence-electron chi connectivity index (χ3n) is 1.32. The van der Waals surface area contributed by atoms with Gasteiger partial charge in [-0.3, -0.25) is 9.67 Å². The smallest absolute Gasteiger partial charge is 0.388 e. The van der Waals surface area contributed by atoms with Gasteiger partial charge >= 0.3 is 6.18 Å². The Morgan fingerprint density at radius 1 is 1.54 bits per heavy atom. The summed E-state index contributed by atoms with van der Waals surface area (Å²) in [6.07, 6.45) is -4.37. The van der Waals surface area contributed by atoms with Crippen LogP contribution >= 0.6 is 12.2 Å². The maximum atomic E-state index is 11.9. The van der Waals surface area contributed by atoms with Gasteiger partial charge in [0, 0.05) is 0 Å². The number of nitrogens with one attached hydrogen (secondary N) is 1. The van der Waals surface area contributed by atoms with E-state index in [2.05, 4.69) is 22.4 Å². The van der Waals surface area contributed by atoms with Crippen molar-refractivity contribution in [2.24, 2.45) is 0 Å². The number of aromatic amines is 1. The van der Waals surface area contributed by atoms with E-state index in [0.717, 1.165) is 0 Å². The van der Waals surface area contributed by atoms with Crippen LogP contribution in [0.3, 0.4) is 0 Å². The highest BCUT2D eigenvalue weighted by molar-refractivity contribution is 7.71. The lowest BCUT2D eigenvalue weighted by Crippen LogP contribution is -2.19. The van der Waals surface area contributed by atoms with Crippen LogP contribution in [0.1, 0.15) is 5.82 Å². The molecule has 0 aliphatic heterocycles. The number of nitrogens with zero attached hydrogens (tertiary/aromatic N) is 2. The van der Waals surface area contributed by atoms with Crippen LogP contribution in [0.5, 0.6) is 0 Å². The predicted octanol–water partition coefficient (Wildman–Crippen LogP) is 0.995. The molecule has 0 bridgehead atoms. The van der Waals surface area contributed by atoms with Gasteiger partial charge in [0.05, 0.1) is 0 Å². The first kappa shape index (κ1) is 10.2. The van der Waals surface area contributed by atoms with Gasteiger partial charge in [-0.05, 0) is 12.2 Å². The Balaban J connectivity index is 2.99. The lowest BCUT2D eigenvalue weighted by atomic mass is 10.5. The molecule has 13 heavy (non-hydrogen) atoms. The molecule has 0 saturated carbocycles. The van der Waals surface area contributed by atoms with E-state index in [-0.39, 0.29) is 10.6 Å². The third-order valence-corrected chi connectivity index (χ3v) is 1.63. The number of aromatic nitrogens is 3. The summed E-state index contributed by atoms with van der Waals surface area (Å²) in [6, 6.07) is 0. The SMILES string of the molecule is OCc1n[nH]c(=S)n1CC(F)(F)F. The summed E-state index contributed by atoms with van der Waals surface area (Å²) in [7, 11) is 0. The van der Waals surface area contributed by atoms with Gasteiger partial charge in [-0.2, -0.15) is 18.3 Å². The van der Waals surface area contributed by atoms with Crippen LogP contribution in [0.2, 0.25) is 0 Å². The predicted molar refractivity (Wildman–Crippen MR) is 39.4 cm³/mol. The van der Waals surface area contributed by atoms with E-state index in [4.69, 9.17) is 5.11 Å². The Bertz CT molecular complexity index is 342. The lowest BCUT2D eigenvalue weighted by molar-refractivity contribution is -0.141. The molecule has 0 fully saturated rings. The summed E-state index contributed by atoms with van der Waals surface area (Å²) in [5.74, 6) is -0.123. The van der Waals surface area contributed by atoms with Crippen molar-refractivity contribution >= 4 is 12.2 Å². The summed E-state index contributed by atoms with van der Waals surface area (Å²) >= 11 is 4.54. The van der Waals surface area contributed by atoms with Crippen LogP contribution in [-0.2, 0) is 13.2 Å². The van der Waals surface area contributed by atoms with Crippen molar-refractivity contribution in [1.82, 2.24) is 14.8 Å². The molecular formula is C5H6F3N3OS. The number of rotatable bonds is 2. The highest BCUT2D eigenvalue weighted by Crippen LogP contribution is 2.18. The quantitative estimate of drug-likeness (QED) is 0.720. The summed E-state index contributed by atoms with van der Waals surface area (Å²) in [4.78, 5) is 0. The van der Waals surface area contributed by atoms with Crippen molar-refractivity contribution < 1.29 is 18.3 Å². The Labute approximate surface area is 76.0 Å². The number of hydrogen-bond acceptors (Lipinski definition) is 3. The molecule has 1 aromatic rings. The van der Waals surface area contributed by atoms with E-state index in [1.165, 1.54) is 0 Å². The highest BCUT2D eigenvalue weighted by atomic mass is 32.1. The first-order valence-electron chi connectivity index (χ1n) is 3.26. The minimum absolute atomic E-state index is 0.123. The molecule has 4 nitrogen and oxygen atoms in total. The molecule has 0 atom stereocenters. The molecule has 1 heterocycles. The molecule has 0 aliphatic rings. The zero-order valence-electron chi connectivity index (χ0n) is 6.30. The Morgan fingerprint density at radius 2 is 2.15 bits per heavy atom. The second kappa shape index (κ2) is 3.46. The van der Waals surface area contributed by atoms with Crippen LogP contribution in [0.25, 0.3) is 0 Å². The first-order chi connectivity index (χ1) is 5.94. The number of aliphatic hydroxyl groups is 1. The largest absolute Gasteiger partial charge is 0.406 e. The van der Waals surface area contributed by atoms with Crippen LogP contribution in [0, 0.1) is 4.77 Å². The topological polar surface area (TPSA) is 53.8 Å². The lowest BCUT2D eigenvalue weighted by Gasteiger charge is -2.07. The fourth-order valence-electron chi connectivity index (χ4n) is 0.813. The highest BCUT2D eigenvalue weighted by Gasteiger charge is 2.29. The standard InChI is InChI=1S/C5H6F3N3OS/c6-5(7,8)2-11-3(1-12)9-10-4(11)13/h12H,1-2H2,(H,10,13). The van der Waals surface area contributed by atoms with E-state index < -0.39 is 19.3 Å². The second-order valence-electron chi connectivity index (χ2n) is 2.30.